The van der Waals surface area contributed by atoms with Crippen LogP contribution in [0.1, 0.15) is 0 Å². The molecule has 0 atom stereocenters. The van der Waals surface area contributed by atoms with E-state index in [-0.39, 0.29) is 11.8 Å². The second kappa shape index (κ2) is 8.61. The summed E-state index contributed by atoms with van der Waals surface area (Å²) in [6.07, 6.45) is 0. The fraction of sp³-hybridized carbons (Fsp3) is 0.714. The predicted octanol–water partition coefficient (Wildman–Crippen LogP) is -0.958. The fourth-order valence-corrected chi connectivity index (χ4v) is 4.25. The molecule has 24 heavy (non-hydrogen) atoms. The monoisotopic (exact) mass is 370 g/mol. The van der Waals surface area contributed by atoms with E-state index in [1.54, 1.807) is 0 Å². The van der Waals surface area contributed by atoms with E-state index in [1.165, 1.54) is 23.5 Å². The van der Waals surface area contributed by atoms with Gasteiger partial charge in [0, 0.05) is 39.3 Å². The molecule has 2 N–H and O–H groups in total. The summed E-state index contributed by atoms with van der Waals surface area (Å²) in [5.41, 5.74) is 0. The van der Waals surface area contributed by atoms with E-state index >= 15 is 0 Å². The first-order chi connectivity index (χ1) is 11.7. The van der Waals surface area contributed by atoms with Gasteiger partial charge in [-0.2, -0.15) is 0 Å². The van der Waals surface area contributed by atoms with Crippen LogP contribution in [0, 0.1) is 0 Å². The van der Waals surface area contributed by atoms with Gasteiger partial charge >= 0.3 is 0 Å². The van der Waals surface area contributed by atoms with E-state index in [0.29, 0.717) is 37.7 Å². The van der Waals surface area contributed by atoms with Crippen molar-refractivity contribution in [3.05, 3.63) is 0 Å². The Bertz CT molecular complexity index is 497. The minimum atomic E-state index is 0.113. The summed E-state index contributed by atoms with van der Waals surface area (Å²) in [7, 11) is 0. The van der Waals surface area contributed by atoms with Gasteiger partial charge in [0.05, 0.1) is 24.6 Å². The number of rotatable bonds is 4. The minimum Gasteiger partial charge on any atom is -0.363 e. The number of nitrogens with one attached hydrogen (secondary N) is 2. The molecule has 2 amide bonds. The molecule has 0 bridgehead atoms. The largest absolute Gasteiger partial charge is 0.363 e. The highest BCUT2D eigenvalue weighted by molar-refractivity contribution is 8.14. The Morgan fingerprint density at radius 2 is 1.25 bits per heavy atom. The first-order valence-electron chi connectivity index (χ1n) is 8.10. The Hall–Kier alpha value is -1.42. The van der Waals surface area contributed by atoms with Crippen LogP contribution in [0.15, 0.2) is 9.98 Å². The van der Waals surface area contributed by atoms with E-state index in [0.717, 1.165) is 36.5 Å². The van der Waals surface area contributed by atoms with Crippen LogP contribution in [0.25, 0.3) is 0 Å². The molecule has 0 radical (unpaired) electrons. The molecule has 0 spiro atoms. The van der Waals surface area contributed by atoms with Crippen molar-refractivity contribution in [3.8, 4) is 0 Å². The van der Waals surface area contributed by atoms with Crippen molar-refractivity contribution in [2.24, 2.45) is 9.98 Å². The van der Waals surface area contributed by atoms with Crippen molar-refractivity contribution in [3.63, 3.8) is 0 Å². The molecular formula is C14H22N6O2S2. The van der Waals surface area contributed by atoms with Crippen molar-refractivity contribution >= 4 is 45.7 Å². The quantitative estimate of drug-likeness (QED) is 0.663. The number of thioether (sulfide) groups is 2. The highest BCUT2D eigenvalue weighted by Crippen LogP contribution is 2.11. The molecule has 0 aromatic rings. The topological polar surface area (TPSA) is 89.4 Å². The van der Waals surface area contributed by atoms with Crippen LogP contribution in [0.3, 0.4) is 0 Å². The van der Waals surface area contributed by atoms with Crippen LogP contribution in [0.4, 0.5) is 0 Å². The average molecular weight is 371 g/mol. The Labute approximate surface area is 149 Å². The molecule has 3 aliphatic heterocycles. The first-order valence-corrected chi connectivity index (χ1v) is 10.1. The van der Waals surface area contributed by atoms with E-state index in [2.05, 4.69) is 20.6 Å². The van der Waals surface area contributed by atoms with Crippen molar-refractivity contribution in [1.29, 1.82) is 0 Å². The fourth-order valence-electron chi connectivity index (χ4n) is 2.59. The summed E-state index contributed by atoms with van der Waals surface area (Å²) in [4.78, 5) is 36.7. The SMILES string of the molecule is O=C(CSC1=NCCN1)N1CCN(C(=O)CSC2=NCCN2)CC1. The standard InChI is InChI=1S/C14H22N6O2S2/c21-11(9-23-13-15-1-2-16-13)19-5-7-20(8-6-19)12(22)10-24-14-17-3-4-18-14/h1-10H2,(H,15,16)(H,17,18). The van der Waals surface area contributed by atoms with E-state index < -0.39 is 0 Å². The number of aliphatic imine (C=N–C) groups is 2. The molecule has 132 valence electrons. The van der Waals surface area contributed by atoms with Crippen LogP contribution < -0.4 is 10.6 Å². The smallest absolute Gasteiger partial charge is 0.233 e. The van der Waals surface area contributed by atoms with E-state index in [9.17, 15) is 9.59 Å². The summed E-state index contributed by atoms with van der Waals surface area (Å²) >= 11 is 2.92. The van der Waals surface area contributed by atoms with Gasteiger partial charge in [0.15, 0.2) is 10.3 Å². The van der Waals surface area contributed by atoms with Gasteiger partial charge in [-0.1, -0.05) is 23.5 Å². The predicted molar refractivity (Wildman–Crippen MR) is 98.7 cm³/mol. The number of hydrogen-bond acceptors (Lipinski definition) is 8. The summed E-state index contributed by atoms with van der Waals surface area (Å²) in [5.74, 6) is 1.03. The van der Waals surface area contributed by atoms with Gasteiger partial charge in [-0.3, -0.25) is 19.6 Å². The number of carbonyl (C=O) groups is 2. The Morgan fingerprint density at radius 1 is 0.833 bits per heavy atom. The third kappa shape index (κ3) is 4.79. The maximum absolute atomic E-state index is 12.2. The number of amides is 2. The third-order valence-electron chi connectivity index (χ3n) is 3.94. The zero-order valence-corrected chi connectivity index (χ0v) is 15.1. The number of carbonyl (C=O) groups excluding carboxylic acids is 2. The molecule has 0 unspecified atom stereocenters. The van der Waals surface area contributed by atoms with Gasteiger partial charge in [-0.15, -0.1) is 0 Å². The number of hydrogen-bond donors (Lipinski definition) is 2. The Morgan fingerprint density at radius 3 is 1.58 bits per heavy atom. The normalized spacial score (nSPS) is 20.3. The third-order valence-corrected chi connectivity index (χ3v) is 5.81. The second-order valence-corrected chi connectivity index (χ2v) is 7.49. The summed E-state index contributed by atoms with van der Waals surface area (Å²) in [6, 6.07) is 0. The maximum Gasteiger partial charge on any atom is 0.233 e. The molecule has 3 heterocycles. The first kappa shape index (κ1) is 17.4. The Balaban J connectivity index is 1.35. The van der Waals surface area contributed by atoms with E-state index in [1.807, 2.05) is 9.80 Å². The van der Waals surface area contributed by atoms with Gasteiger partial charge in [-0.25, -0.2) is 0 Å². The molecule has 3 aliphatic rings. The van der Waals surface area contributed by atoms with Crippen LogP contribution in [-0.4, -0.2) is 95.8 Å². The van der Waals surface area contributed by atoms with Crippen LogP contribution in [0.5, 0.6) is 0 Å². The lowest BCUT2D eigenvalue weighted by atomic mass is 10.3. The Kier molecular flexibility index (Phi) is 6.24. The maximum atomic E-state index is 12.2. The molecule has 0 aromatic carbocycles. The summed E-state index contributed by atoms with van der Waals surface area (Å²) in [5, 5.41) is 8.01. The number of nitrogens with zero attached hydrogens (tertiary/aromatic N) is 4. The number of piperazine rings is 1. The molecule has 1 fully saturated rings. The molecule has 0 aliphatic carbocycles. The summed E-state index contributed by atoms with van der Waals surface area (Å²) < 4.78 is 0. The lowest BCUT2D eigenvalue weighted by Gasteiger charge is -2.34. The van der Waals surface area contributed by atoms with Gasteiger partial charge in [-0.05, 0) is 0 Å². The zero-order chi connectivity index (χ0) is 16.8. The van der Waals surface area contributed by atoms with Crippen molar-refractivity contribution in [2.75, 3.05) is 63.9 Å². The number of amidine groups is 2. The highest BCUT2D eigenvalue weighted by atomic mass is 32.2. The molecule has 3 rings (SSSR count). The summed E-state index contributed by atoms with van der Waals surface area (Å²) in [6.45, 7) is 5.72. The minimum absolute atomic E-state index is 0.113. The van der Waals surface area contributed by atoms with Gasteiger partial charge < -0.3 is 20.4 Å². The van der Waals surface area contributed by atoms with Gasteiger partial charge in [0.25, 0.3) is 0 Å². The van der Waals surface area contributed by atoms with E-state index in [4.69, 9.17) is 0 Å². The van der Waals surface area contributed by atoms with Crippen molar-refractivity contribution in [1.82, 2.24) is 20.4 Å². The molecule has 8 nitrogen and oxygen atoms in total. The van der Waals surface area contributed by atoms with Gasteiger partial charge in [0.2, 0.25) is 11.8 Å². The zero-order valence-electron chi connectivity index (χ0n) is 13.5. The van der Waals surface area contributed by atoms with Crippen molar-refractivity contribution in [2.45, 2.75) is 0 Å². The molecule has 10 heteroatoms. The molecule has 0 aromatic heterocycles. The molecular weight excluding hydrogens is 348 g/mol. The van der Waals surface area contributed by atoms with Crippen LogP contribution in [0.2, 0.25) is 0 Å². The average Bonchev–Trinajstić information content (AvgIpc) is 3.31. The lowest BCUT2D eigenvalue weighted by molar-refractivity contribution is -0.136. The highest BCUT2D eigenvalue weighted by Gasteiger charge is 2.24. The molecule has 1 saturated heterocycles. The molecule has 0 saturated carbocycles. The van der Waals surface area contributed by atoms with Crippen LogP contribution in [-0.2, 0) is 9.59 Å². The second-order valence-electron chi connectivity index (χ2n) is 5.57. The van der Waals surface area contributed by atoms with Crippen molar-refractivity contribution < 1.29 is 9.59 Å². The van der Waals surface area contributed by atoms with Crippen LogP contribution >= 0.6 is 23.5 Å². The lowest BCUT2D eigenvalue weighted by Crippen LogP contribution is -2.51. The van der Waals surface area contributed by atoms with Gasteiger partial charge in [0.1, 0.15) is 0 Å².